The minimum Gasteiger partial charge on any atom is -0.493 e. The molecule has 0 saturated heterocycles. The molecular formula is C8H6BrNOS. The first-order chi connectivity index (χ1) is 5.79. The predicted octanol–water partition coefficient (Wildman–Crippen LogP) is 3.19. The molecule has 2 nitrogen and oxygen atoms in total. The molecule has 1 rings (SSSR count). The number of hydrogen-bond acceptors (Lipinski definition) is 3. The summed E-state index contributed by atoms with van der Waals surface area (Å²) in [6.45, 7) is 0. The standard InChI is InChI=1S/C8H6BrNOS/c1-11-8-6(9)3-2-4-7(8)10-5-12/h2-4H,1H3. The molecule has 1 aromatic rings. The van der Waals surface area contributed by atoms with Crippen LogP contribution in [0.25, 0.3) is 0 Å². The van der Waals surface area contributed by atoms with Gasteiger partial charge in [-0.05, 0) is 40.3 Å². The minimum absolute atomic E-state index is 0.676. The van der Waals surface area contributed by atoms with Gasteiger partial charge < -0.3 is 4.74 Å². The summed E-state index contributed by atoms with van der Waals surface area (Å²) in [4.78, 5) is 3.85. The molecule has 0 N–H and O–H groups in total. The topological polar surface area (TPSA) is 21.6 Å². The van der Waals surface area contributed by atoms with Crippen molar-refractivity contribution in [3.63, 3.8) is 0 Å². The molecule has 12 heavy (non-hydrogen) atoms. The number of isothiocyanates is 1. The smallest absolute Gasteiger partial charge is 0.159 e. The summed E-state index contributed by atoms with van der Waals surface area (Å²) in [5, 5.41) is 2.29. The molecule has 0 aliphatic heterocycles. The molecule has 0 saturated carbocycles. The molecule has 0 atom stereocenters. The lowest BCUT2D eigenvalue weighted by atomic mass is 10.3. The van der Waals surface area contributed by atoms with Crippen molar-refractivity contribution in [3.8, 4) is 5.75 Å². The Bertz CT molecular complexity index is 334. The molecule has 0 unspecified atom stereocenters. The number of nitrogens with zero attached hydrogens (tertiary/aromatic N) is 1. The van der Waals surface area contributed by atoms with Crippen LogP contribution in [0.1, 0.15) is 0 Å². The average Bonchev–Trinajstić information content (AvgIpc) is 2.05. The number of halogens is 1. The van der Waals surface area contributed by atoms with Crippen LogP contribution in [0.4, 0.5) is 5.69 Å². The quantitative estimate of drug-likeness (QED) is 0.588. The highest BCUT2D eigenvalue weighted by Gasteiger charge is 2.04. The lowest BCUT2D eigenvalue weighted by Crippen LogP contribution is -1.84. The lowest BCUT2D eigenvalue weighted by molar-refractivity contribution is 0.413. The maximum atomic E-state index is 5.10. The van der Waals surface area contributed by atoms with Crippen LogP contribution in [-0.4, -0.2) is 12.3 Å². The van der Waals surface area contributed by atoms with Gasteiger partial charge in [0.25, 0.3) is 0 Å². The van der Waals surface area contributed by atoms with Crippen LogP contribution in [0.3, 0.4) is 0 Å². The number of ether oxygens (including phenoxy) is 1. The van der Waals surface area contributed by atoms with E-state index in [0.29, 0.717) is 11.4 Å². The SMILES string of the molecule is COc1c(Br)cccc1N=C=S. The summed E-state index contributed by atoms with van der Waals surface area (Å²) >= 11 is 7.83. The van der Waals surface area contributed by atoms with Crippen LogP contribution in [0.15, 0.2) is 27.7 Å². The van der Waals surface area contributed by atoms with Crippen molar-refractivity contribution >= 4 is 39.0 Å². The van der Waals surface area contributed by atoms with Gasteiger partial charge in [-0.2, -0.15) is 4.99 Å². The lowest BCUT2D eigenvalue weighted by Gasteiger charge is -2.04. The molecule has 0 fully saturated rings. The van der Waals surface area contributed by atoms with Gasteiger partial charge in [-0.25, -0.2) is 0 Å². The number of para-hydroxylation sites is 1. The Labute approximate surface area is 84.4 Å². The van der Waals surface area contributed by atoms with Gasteiger partial charge in [0.05, 0.1) is 16.7 Å². The summed E-state index contributed by atoms with van der Waals surface area (Å²) in [6, 6.07) is 5.54. The van der Waals surface area contributed by atoms with Gasteiger partial charge in [0.15, 0.2) is 5.75 Å². The Kier molecular flexibility index (Phi) is 3.41. The van der Waals surface area contributed by atoms with E-state index in [1.54, 1.807) is 7.11 Å². The largest absolute Gasteiger partial charge is 0.493 e. The van der Waals surface area contributed by atoms with E-state index in [1.165, 1.54) is 0 Å². The number of thiocarbonyl (C=S) groups is 1. The van der Waals surface area contributed by atoms with E-state index in [9.17, 15) is 0 Å². The third-order valence-corrected chi connectivity index (χ3v) is 2.03. The van der Waals surface area contributed by atoms with E-state index in [-0.39, 0.29) is 0 Å². The highest BCUT2D eigenvalue weighted by molar-refractivity contribution is 9.10. The molecule has 0 spiro atoms. The van der Waals surface area contributed by atoms with Crippen LogP contribution in [0.2, 0.25) is 0 Å². The van der Waals surface area contributed by atoms with Gasteiger partial charge in [-0.3, -0.25) is 0 Å². The molecule has 62 valence electrons. The molecule has 0 bridgehead atoms. The fourth-order valence-electron chi connectivity index (χ4n) is 0.837. The van der Waals surface area contributed by atoms with E-state index in [1.807, 2.05) is 18.2 Å². The zero-order valence-electron chi connectivity index (χ0n) is 6.37. The Morgan fingerprint density at radius 1 is 1.58 bits per heavy atom. The molecule has 0 aliphatic rings. The van der Waals surface area contributed by atoms with Crippen molar-refractivity contribution in [2.24, 2.45) is 4.99 Å². The fraction of sp³-hybridized carbons (Fsp3) is 0.125. The second-order valence-corrected chi connectivity index (χ2v) is 3.03. The van der Waals surface area contributed by atoms with E-state index in [2.05, 4.69) is 38.3 Å². The maximum absolute atomic E-state index is 5.10. The number of benzene rings is 1. The summed E-state index contributed by atoms with van der Waals surface area (Å²) in [5.74, 6) is 0.676. The first-order valence-corrected chi connectivity index (χ1v) is 4.40. The number of rotatable bonds is 2. The Hall–Kier alpha value is -0.700. The van der Waals surface area contributed by atoms with Crippen LogP contribution >= 0.6 is 28.1 Å². The van der Waals surface area contributed by atoms with Crippen LogP contribution in [0.5, 0.6) is 5.75 Å². The zero-order chi connectivity index (χ0) is 8.97. The van der Waals surface area contributed by atoms with Crippen molar-refractivity contribution in [2.75, 3.05) is 7.11 Å². The third kappa shape index (κ3) is 1.91. The third-order valence-electron chi connectivity index (χ3n) is 1.32. The Balaban J connectivity index is 3.26. The minimum atomic E-state index is 0.676. The summed E-state index contributed by atoms with van der Waals surface area (Å²) in [6.07, 6.45) is 0. The van der Waals surface area contributed by atoms with E-state index >= 15 is 0 Å². The van der Waals surface area contributed by atoms with Crippen molar-refractivity contribution in [3.05, 3.63) is 22.7 Å². The number of methoxy groups -OCH3 is 1. The van der Waals surface area contributed by atoms with Gasteiger partial charge >= 0.3 is 0 Å². The van der Waals surface area contributed by atoms with E-state index in [4.69, 9.17) is 4.74 Å². The van der Waals surface area contributed by atoms with Gasteiger partial charge in [0.2, 0.25) is 0 Å². The summed E-state index contributed by atoms with van der Waals surface area (Å²) < 4.78 is 5.96. The second kappa shape index (κ2) is 4.36. The zero-order valence-corrected chi connectivity index (χ0v) is 8.78. The first kappa shape index (κ1) is 9.39. The molecular weight excluding hydrogens is 238 g/mol. The normalized spacial score (nSPS) is 8.83. The number of hydrogen-bond donors (Lipinski definition) is 0. The molecule has 1 aromatic carbocycles. The fourth-order valence-corrected chi connectivity index (χ4v) is 1.45. The predicted molar refractivity (Wildman–Crippen MR) is 55.4 cm³/mol. The summed E-state index contributed by atoms with van der Waals surface area (Å²) in [7, 11) is 1.59. The molecule has 0 heterocycles. The van der Waals surface area contributed by atoms with Crippen molar-refractivity contribution in [1.29, 1.82) is 0 Å². The molecule has 0 amide bonds. The van der Waals surface area contributed by atoms with Crippen molar-refractivity contribution in [1.82, 2.24) is 0 Å². The summed E-state index contributed by atoms with van der Waals surface area (Å²) in [5.41, 5.74) is 0.682. The van der Waals surface area contributed by atoms with Crippen LogP contribution in [-0.2, 0) is 0 Å². The van der Waals surface area contributed by atoms with Crippen LogP contribution < -0.4 is 4.74 Å². The molecule has 0 aromatic heterocycles. The van der Waals surface area contributed by atoms with Gasteiger partial charge in [-0.15, -0.1) is 0 Å². The van der Waals surface area contributed by atoms with Gasteiger partial charge in [0, 0.05) is 0 Å². The van der Waals surface area contributed by atoms with Crippen molar-refractivity contribution < 1.29 is 4.74 Å². The maximum Gasteiger partial charge on any atom is 0.159 e. The Morgan fingerprint density at radius 2 is 2.33 bits per heavy atom. The Morgan fingerprint density at radius 3 is 2.92 bits per heavy atom. The van der Waals surface area contributed by atoms with Crippen LogP contribution in [0, 0.1) is 0 Å². The van der Waals surface area contributed by atoms with E-state index in [0.717, 1.165) is 4.47 Å². The highest BCUT2D eigenvalue weighted by atomic mass is 79.9. The molecule has 4 heteroatoms. The second-order valence-electron chi connectivity index (χ2n) is 2.00. The number of aliphatic imine (C=N–C) groups is 1. The first-order valence-electron chi connectivity index (χ1n) is 3.20. The van der Waals surface area contributed by atoms with Crippen molar-refractivity contribution in [2.45, 2.75) is 0 Å². The molecule has 0 radical (unpaired) electrons. The molecule has 0 aliphatic carbocycles. The van der Waals surface area contributed by atoms with E-state index < -0.39 is 0 Å². The van der Waals surface area contributed by atoms with Gasteiger partial charge in [-0.1, -0.05) is 6.07 Å². The monoisotopic (exact) mass is 243 g/mol. The highest BCUT2D eigenvalue weighted by Crippen LogP contribution is 2.34. The average molecular weight is 244 g/mol. The van der Waals surface area contributed by atoms with Gasteiger partial charge in [0.1, 0.15) is 5.69 Å².